The van der Waals surface area contributed by atoms with Crippen molar-refractivity contribution in [3.63, 3.8) is 0 Å². The van der Waals surface area contributed by atoms with Crippen LogP contribution in [0.1, 0.15) is 28.4 Å². The minimum absolute atomic E-state index is 0.0141. The van der Waals surface area contributed by atoms with Crippen LogP contribution >= 0.6 is 0 Å². The second-order valence-electron chi connectivity index (χ2n) is 7.39. The molecule has 156 valence electrons. The quantitative estimate of drug-likeness (QED) is 0.390. The fraction of sp³-hybridized carbons (Fsp3) is 0.160. The van der Waals surface area contributed by atoms with Crippen LogP contribution in [0.15, 0.2) is 72.4 Å². The van der Waals surface area contributed by atoms with Crippen molar-refractivity contribution in [1.82, 2.24) is 4.98 Å². The van der Waals surface area contributed by atoms with Crippen LogP contribution in [0.4, 0.5) is 5.69 Å². The Morgan fingerprint density at radius 2 is 1.74 bits per heavy atom. The summed E-state index contributed by atoms with van der Waals surface area (Å²) in [7, 11) is 1.56. The van der Waals surface area contributed by atoms with Crippen LogP contribution in [0.25, 0.3) is 5.76 Å². The van der Waals surface area contributed by atoms with Crippen LogP contribution in [0, 0.1) is 13.8 Å². The molecule has 1 atom stereocenters. The van der Waals surface area contributed by atoms with Crippen molar-refractivity contribution >= 4 is 23.1 Å². The maximum Gasteiger partial charge on any atom is 0.300 e. The van der Waals surface area contributed by atoms with Gasteiger partial charge < -0.3 is 9.84 Å². The first-order chi connectivity index (χ1) is 14.9. The number of methoxy groups -OCH3 is 1. The van der Waals surface area contributed by atoms with E-state index in [0.29, 0.717) is 22.7 Å². The molecule has 1 saturated heterocycles. The lowest BCUT2D eigenvalue weighted by molar-refractivity contribution is -0.132. The van der Waals surface area contributed by atoms with Gasteiger partial charge in [0.05, 0.1) is 18.4 Å². The number of nitrogens with zero attached hydrogens (tertiary/aromatic N) is 2. The third-order valence-electron chi connectivity index (χ3n) is 5.48. The molecule has 31 heavy (non-hydrogen) atoms. The predicted molar refractivity (Wildman–Crippen MR) is 118 cm³/mol. The molecule has 0 spiro atoms. The molecule has 1 amide bonds. The minimum Gasteiger partial charge on any atom is -0.507 e. The summed E-state index contributed by atoms with van der Waals surface area (Å²) in [6.07, 6.45) is 1.60. The van der Waals surface area contributed by atoms with E-state index in [9.17, 15) is 14.7 Å². The molecule has 1 aromatic heterocycles. The van der Waals surface area contributed by atoms with Gasteiger partial charge in [-0.1, -0.05) is 24.3 Å². The fourth-order valence-corrected chi connectivity index (χ4v) is 3.91. The summed E-state index contributed by atoms with van der Waals surface area (Å²) in [6.45, 7) is 3.68. The normalized spacial score (nSPS) is 17.8. The molecule has 6 heteroatoms. The van der Waals surface area contributed by atoms with Gasteiger partial charge in [0.15, 0.2) is 0 Å². The molecule has 6 nitrogen and oxygen atoms in total. The number of ether oxygens (including phenoxy) is 1. The monoisotopic (exact) mass is 414 g/mol. The molecule has 0 aliphatic carbocycles. The number of hydrogen-bond donors (Lipinski definition) is 1. The van der Waals surface area contributed by atoms with Crippen molar-refractivity contribution < 1.29 is 19.4 Å². The smallest absolute Gasteiger partial charge is 0.300 e. The van der Waals surface area contributed by atoms with Gasteiger partial charge in [0, 0.05) is 17.4 Å². The molecule has 3 aromatic rings. The second-order valence-corrected chi connectivity index (χ2v) is 7.39. The number of aromatic nitrogens is 1. The van der Waals surface area contributed by atoms with Gasteiger partial charge in [-0.15, -0.1) is 0 Å². The van der Waals surface area contributed by atoms with E-state index in [-0.39, 0.29) is 11.3 Å². The predicted octanol–water partition coefficient (Wildman–Crippen LogP) is 4.33. The van der Waals surface area contributed by atoms with E-state index in [0.717, 1.165) is 11.1 Å². The number of benzene rings is 2. The van der Waals surface area contributed by atoms with Gasteiger partial charge in [0.1, 0.15) is 17.6 Å². The zero-order valence-electron chi connectivity index (χ0n) is 17.5. The standard InChI is InChI=1S/C25H22N2O4/c1-15-8-4-5-10-20(15)27-22(19-9-6-7-13-26-19)21(24(29)25(27)30)23(28)18-12-11-17(31-3)14-16(18)2/h4-14,22,28H,1-3H3/b23-21-. The Labute approximate surface area is 180 Å². The van der Waals surface area contributed by atoms with Gasteiger partial charge in [-0.2, -0.15) is 0 Å². The number of aliphatic hydroxyl groups is 1. The maximum atomic E-state index is 13.2. The van der Waals surface area contributed by atoms with E-state index in [1.807, 2.05) is 32.0 Å². The summed E-state index contributed by atoms with van der Waals surface area (Å²) in [6, 6.07) is 16.9. The number of rotatable bonds is 4. The number of carbonyl (C=O) groups excluding carboxylic acids is 2. The van der Waals surface area contributed by atoms with Gasteiger partial charge >= 0.3 is 0 Å². The molecular formula is C25H22N2O4. The summed E-state index contributed by atoms with van der Waals surface area (Å²) in [5, 5.41) is 11.2. The lowest BCUT2D eigenvalue weighted by atomic mass is 9.96. The van der Waals surface area contributed by atoms with Crippen molar-refractivity contribution in [3.8, 4) is 5.75 Å². The molecule has 1 N–H and O–H groups in total. The van der Waals surface area contributed by atoms with Crippen LogP contribution in [0.2, 0.25) is 0 Å². The van der Waals surface area contributed by atoms with Crippen molar-refractivity contribution in [1.29, 1.82) is 0 Å². The minimum atomic E-state index is -0.844. The Hall–Kier alpha value is -3.93. The number of amides is 1. The second kappa shape index (κ2) is 8.07. The highest BCUT2D eigenvalue weighted by Gasteiger charge is 2.48. The van der Waals surface area contributed by atoms with Gasteiger partial charge in [0.2, 0.25) is 0 Å². The molecular weight excluding hydrogens is 392 g/mol. The Kier molecular flexibility index (Phi) is 5.29. The number of para-hydroxylation sites is 1. The highest BCUT2D eigenvalue weighted by atomic mass is 16.5. The first kappa shape index (κ1) is 20.3. The lowest BCUT2D eigenvalue weighted by Crippen LogP contribution is -2.30. The van der Waals surface area contributed by atoms with Crippen molar-refractivity contribution in [3.05, 3.63) is 94.8 Å². The zero-order valence-corrected chi connectivity index (χ0v) is 17.5. The molecule has 0 radical (unpaired) electrons. The number of ketones is 1. The van der Waals surface area contributed by atoms with Crippen molar-refractivity contribution in [2.75, 3.05) is 12.0 Å². The van der Waals surface area contributed by atoms with Crippen LogP contribution in [-0.4, -0.2) is 28.9 Å². The number of anilines is 1. The summed E-state index contributed by atoms with van der Waals surface area (Å²) in [4.78, 5) is 32.1. The fourth-order valence-electron chi connectivity index (χ4n) is 3.91. The Morgan fingerprint density at radius 1 is 1.00 bits per heavy atom. The Morgan fingerprint density at radius 3 is 2.39 bits per heavy atom. The summed E-state index contributed by atoms with van der Waals surface area (Å²) < 4.78 is 5.23. The highest BCUT2D eigenvalue weighted by Crippen LogP contribution is 2.42. The topological polar surface area (TPSA) is 79.7 Å². The van der Waals surface area contributed by atoms with E-state index in [2.05, 4.69) is 4.98 Å². The van der Waals surface area contributed by atoms with Crippen LogP contribution < -0.4 is 9.64 Å². The Balaban J connectivity index is 1.96. The molecule has 4 rings (SSSR count). The maximum absolute atomic E-state index is 13.2. The average molecular weight is 414 g/mol. The van der Waals surface area contributed by atoms with Gasteiger partial charge in [-0.05, 0) is 61.4 Å². The number of aliphatic hydroxyl groups excluding tert-OH is 1. The summed E-state index contributed by atoms with van der Waals surface area (Å²) in [5.74, 6) is -1.04. The summed E-state index contributed by atoms with van der Waals surface area (Å²) in [5.41, 5.74) is 3.14. The average Bonchev–Trinajstić information content (AvgIpc) is 3.04. The first-order valence-corrected chi connectivity index (χ1v) is 9.86. The van der Waals surface area contributed by atoms with Crippen LogP contribution in [0.5, 0.6) is 5.75 Å². The van der Waals surface area contributed by atoms with E-state index >= 15 is 0 Å². The third kappa shape index (κ3) is 3.46. The SMILES string of the molecule is COc1ccc(/C(O)=C2/C(=O)C(=O)N(c3ccccc3C)C2c2ccccn2)c(C)c1. The third-order valence-corrected chi connectivity index (χ3v) is 5.48. The molecule has 1 aliphatic rings. The Bertz CT molecular complexity index is 1200. The summed E-state index contributed by atoms with van der Waals surface area (Å²) >= 11 is 0. The van der Waals surface area contributed by atoms with E-state index in [1.54, 1.807) is 55.8 Å². The number of Topliss-reactive ketones (excluding diaryl/α,β-unsaturated/α-hetero) is 1. The number of aryl methyl sites for hydroxylation is 2. The molecule has 1 unspecified atom stereocenters. The van der Waals surface area contributed by atoms with Crippen LogP contribution in [-0.2, 0) is 9.59 Å². The van der Waals surface area contributed by atoms with Crippen molar-refractivity contribution in [2.45, 2.75) is 19.9 Å². The van der Waals surface area contributed by atoms with E-state index < -0.39 is 17.7 Å². The number of hydrogen-bond acceptors (Lipinski definition) is 5. The van der Waals surface area contributed by atoms with E-state index in [4.69, 9.17) is 4.74 Å². The first-order valence-electron chi connectivity index (χ1n) is 9.86. The number of carbonyl (C=O) groups is 2. The van der Waals surface area contributed by atoms with Crippen LogP contribution in [0.3, 0.4) is 0 Å². The number of pyridine rings is 1. The molecule has 1 aliphatic heterocycles. The van der Waals surface area contributed by atoms with Gasteiger partial charge in [-0.25, -0.2) is 0 Å². The highest BCUT2D eigenvalue weighted by molar-refractivity contribution is 6.51. The molecule has 1 fully saturated rings. The van der Waals surface area contributed by atoms with Gasteiger partial charge in [-0.3, -0.25) is 19.5 Å². The lowest BCUT2D eigenvalue weighted by Gasteiger charge is -2.26. The van der Waals surface area contributed by atoms with Gasteiger partial charge in [0.25, 0.3) is 11.7 Å². The molecule has 0 bridgehead atoms. The zero-order chi connectivity index (χ0) is 22.1. The molecule has 2 aromatic carbocycles. The molecule has 2 heterocycles. The van der Waals surface area contributed by atoms with Crippen molar-refractivity contribution in [2.24, 2.45) is 0 Å². The van der Waals surface area contributed by atoms with E-state index in [1.165, 1.54) is 4.90 Å². The molecule has 0 saturated carbocycles. The largest absolute Gasteiger partial charge is 0.507 e.